The van der Waals surface area contributed by atoms with Gasteiger partial charge in [0.15, 0.2) is 4.34 Å². The van der Waals surface area contributed by atoms with Crippen LogP contribution in [0.4, 0.5) is 5.13 Å². The SMILES string of the molecule is O=C(Nc1nnc(SCc2ccccc2Cl)s1)c1ccccc1. The predicted octanol–water partition coefficient (Wildman–Crippen LogP) is 4.74. The molecule has 23 heavy (non-hydrogen) atoms. The van der Waals surface area contributed by atoms with Gasteiger partial charge in [-0.25, -0.2) is 0 Å². The highest BCUT2D eigenvalue weighted by Gasteiger charge is 2.10. The standard InChI is InChI=1S/C16H12ClN3OS2/c17-13-9-5-4-8-12(13)10-22-16-20-19-15(23-16)18-14(21)11-6-2-1-3-7-11/h1-9H,10H2,(H,18,19,21). The number of nitrogens with one attached hydrogen (secondary N) is 1. The molecule has 0 bridgehead atoms. The fourth-order valence-corrected chi connectivity index (χ4v) is 3.87. The van der Waals surface area contributed by atoms with Crippen LogP contribution in [0.1, 0.15) is 15.9 Å². The van der Waals surface area contributed by atoms with Gasteiger partial charge in [-0.2, -0.15) is 0 Å². The van der Waals surface area contributed by atoms with Gasteiger partial charge in [0.05, 0.1) is 0 Å². The number of halogens is 1. The molecule has 7 heteroatoms. The van der Waals surface area contributed by atoms with Gasteiger partial charge in [-0.15, -0.1) is 10.2 Å². The van der Waals surface area contributed by atoms with Crippen LogP contribution in [0.2, 0.25) is 5.02 Å². The van der Waals surface area contributed by atoms with E-state index in [0.717, 1.165) is 14.9 Å². The van der Waals surface area contributed by atoms with Crippen LogP contribution in [0.3, 0.4) is 0 Å². The molecule has 3 aromatic rings. The van der Waals surface area contributed by atoms with E-state index in [1.165, 1.54) is 11.3 Å². The van der Waals surface area contributed by atoms with Crippen molar-refractivity contribution in [2.45, 2.75) is 10.1 Å². The summed E-state index contributed by atoms with van der Waals surface area (Å²) >= 11 is 9.02. The minimum atomic E-state index is -0.190. The topological polar surface area (TPSA) is 54.9 Å². The van der Waals surface area contributed by atoms with Crippen LogP contribution in [0.5, 0.6) is 0 Å². The van der Waals surface area contributed by atoms with Gasteiger partial charge in [-0.05, 0) is 23.8 Å². The van der Waals surface area contributed by atoms with Crippen LogP contribution in [0.15, 0.2) is 58.9 Å². The molecule has 2 aromatic carbocycles. The van der Waals surface area contributed by atoms with Gasteiger partial charge in [0.2, 0.25) is 5.13 Å². The number of thioether (sulfide) groups is 1. The largest absolute Gasteiger partial charge is 0.296 e. The second-order valence-corrected chi connectivity index (χ2v) is 7.18. The molecule has 1 heterocycles. The molecule has 1 amide bonds. The van der Waals surface area contributed by atoms with E-state index in [0.29, 0.717) is 16.4 Å². The minimum absolute atomic E-state index is 0.190. The van der Waals surface area contributed by atoms with Crippen LogP contribution in [0, 0.1) is 0 Å². The lowest BCUT2D eigenvalue weighted by Crippen LogP contribution is -2.11. The Balaban J connectivity index is 1.60. The van der Waals surface area contributed by atoms with Gasteiger partial charge in [-0.1, -0.05) is 71.1 Å². The van der Waals surface area contributed by atoms with Crippen molar-refractivity contribution in [1.82, 2.24) is 10.2 Å². The lowest BCUT2D eigenvalue weighted by Gasteiger charge is -2.01. The Bertz CT molecular complexity index is 808. The van der Waals surface area contributed by atoms with Crippen molar-refractivity contribution in [3.63, 3.8) is 0 Å². The monoisotopic (exact) mass is 361 g/mol. The maximum Gasteiger partial charge on any atom is 0.257 e. The van der Waals surface area contributed by atoms with E-state index < -0.39 is 0 Å². The summed E-state index contributed by atoms with van der Waals surface area (Å²) in [5.74, 6) is 0.519. The van der Waals surface area contributed by atoms with E-state index in [9.17, 15) is 4.79 Å². The zero-order valence-electron chi connectivity index (χ0n) is 11.9. The molecule has 0 spiro atoms. The summed E-state index contributed by atoms with van der Waals surface area (Å²) in [5, 5.41) is 12.1. The quantitative estimate of drug-likeness (QED) is 0.527. The number of hydrogen-bond acceptors (Lipinski definition) is 5. The molecule has 116 valence electrons. The number of carbonyl (C=O) groups is 1. The lowest BCUT2D eigenvalue weighted by molar-refractivity contribution is 0.102. The molecule has 0 radical (unpaired) electrons. The third-order valence-corrected chi connectivity index (χ3v) is 5.36. The second-order valence-electron chi connectivity index (χ2n) is 4.57. The summed E-state index contributed by atoms with van der Waals surface area (Å²) in [6.07, 6.45) is 0. The zero-order chi connectivity index (χ0) is 16.1. The highest BCUT2D eigenvalue weighted by molar-refractivity contribution is 8.00. The van der Waals surface area contributed by atoms with Crippen molar-refractivity contribution in [2.24, 2.45) is 0 Å². The Morgan fingerprint density at radius 1 is 1.09 bits per heavy atom. The van der Waals surface area contributed by atoms with Crippen LogP contribution in [-0.4, -0.2) is 16.1 Å². The van der Waals surface area contributed by atoms with E-state index in [4.69, 9.17) is 11.6 Å². The first-order chi connectivity index (χ1) is 11.2. The molecule has 1 N–H and O–H groups in total. The zero-order valence-corrected chi connectivity index (χ0v) is 14.3. The van der Waals surface area contributed by atoms with Crippen molar-refractivity contribution in [1.29, 1.82) is 0 Å². The molecule has 0 unspecified atom stereocenters. The van der Waals surface area contributed by atoms with E-state index in [1.54, 1.807) is 23.9 Å². The van der Waals surface area contributed by atoms with Gasteiger partial charge < -0.3 is 0 Å². The lowest BCUT2D eigenvalue weighted by atomic mass is 10.2. The van der Waals surface area contributed by atoms with Gasteiger partial charge in [-0.3, -0.25) is 10.1 Å². The Morgan fingerprint density at radius 3 is 2.61 bits per heavy atom. The van der Waals surface area contributed by atoms with Crippen LogP contribution < -0.4 is 5.32 Å². The molecular formula is C16H12ClN3OS2. The average Bonchev–Trinajstić information content (AvgIpc) is 3.02. The number of benzene rings is 2. The maximum absolute atomic E-state index is 12.1. The Hall–Kier alpha value is -1.89. The molecule has 0 saturated heterocycles. The summed E-state index contributed by atoms with van der Waals surface area (Å²) in [6.45, 7) is 0. The molecule has 3 rings (SSSR count). The van der Waals surface area contributed by atoms with Crippen molar-refractivity contribution in [2.75, 3.05) is 5.32 Å². The van der Waals surface area contributed by atoms with Crippen molar-refractivity contribution in [3.8, 4) is 0 Å². The Kier molecular flexibility index (Phi) is 5.27. The summed E-state index contributed by atoms with van der Waals surface area (Å²) in [6, 6.07) is 16.7. The number of aromatic nitrogens is 2. The average molecular weight is 362 g/mol. The van der Waals surface area contributed by atoms with Crippen molar-refractivity contribution in [3.05, 3.63) is 70.7 Å². The fraction of sp³-hybridized carbons (Fsp3) is 0.0625. The Morgan fingerprint density at radius 2 is 1.83 bits per heavy atom. The van der Waals surface area contributed by atoms with Gasteiger partial charge >= 0.3 is 0 Å². The van der Waals surface area contributed by atoms with Crippen molar-refractivity contribution < 1.29 is 4.79 Å². The van der Waals surface area contributed by atoms with Crippen molar-refractivity contribution >= 4 is 45.7 Å². The summed E-state index contributed by atoms with van der Waals surface area (Å²) in [4.78, 5) is 12.1. The van der Waals surface area contributed by atoms with E-state index in [-0.39, 0.29) is 5.91 Å². The molecule has 0 fully saturated rings. The third-order valence-electron chi connectivity index (χ3n) is 2.97. The molecular weight excluding hydrogens is 350 g/mol. The number of amides is 1. The second kappa shape index (κ2) is 7.59. The number of rotatable bonds is 5. The third kappa shape index (κ3) is 4.31. The molecule has 4 nitrogen and oxygen atoms in total. The normalized spacial score (nSPS) is 10.5. The fourth-order valence-electron chi connectivity index (χ4n) is 1.83. The first-order valence-electron chi connectivity index (χ1n) is 6.78. The summed E-state index contributed by atoms with van der Waals surface area (Å²) in [7, 11) is 0. The number of carbonyl (C=O) groups excluding carboxylic acids is 1. The number of anilines is 1. The first-order valence-corrected chi connectivity index (χ1v) is 8.96. The van der Waals surface area contributed by atoms with E-state index >= 15 is 0 Å². The summed E-state index contributed by atoms with van der Waals surface area (Å²) in [5.41, 5.74) is 1.64. The maximum atomic E-state index is 12.1. The molecule has 0 aliphatic rings. The Labute approximate surface area is 146 Å². The van der Waals surface area contributed by atoms with Gasteiger partial charge in [0, 0.05) is 16.3 Å². The van der Waals surface area contributed by atoms with E-state index in [1.807, 2.05) is 42.5 Å². The molecule has 0 aliphatic heterocycles. The molecule has 1 aromatic heterocycles. The highest BCUT2D eigenvalue weighted by Crippen LogP contribution is 2.30. The molecule has 0 saturated carbocycles. The smallest absolute Gasteiger partial charge is 0.257 e. The van der Waals surface area contributed by atoms with E-state index in [2.05, 4.69) is 15.5 Å². The van der Waals surface area contributed by atoms with Crippen LogP contribution in [0.25, 0.3) is 0 Å². The predicted molar refractivity (Wildman–Crippen MR) is 95.3 cm³/mol. The first kappa shape index (κ1) is 16.0. The van der Waals surface area contributed by atoms with Gasteiger partial charge in [0.1, 0.15) is 0 Å². The minimum Gasteiger partial charge on any atom is -0.296 e. The molecule has 0 aliphatic carbocycles. The molecule has 0 atom stereocenters. The van der Waals surface area contributed by atoms with Crippen LogP contribution in [-0.2, 0) is 5.75 Å². The van der Waals surface area contributed by atoms with Gasteiger partial charge in [0.25, 0.3) is 5.91 Å². The summed E-state index contributed by atoms with van der Waals surface area (Å²) < 4.78 is 0.785. The van der Waals surface area contributed by atoms with Crippen LogP contribution >= 0.6 is 34.7 Å². The number of hydrogen-bond donors (Lipinski definition) is 1. The number of nitrogens with zero attached hydrogens (tertiary/aromatic N) is 2. The highest BCUT2D eigenvalue weighted by atomic mass is 35.5.